The predicted octanol–water partition coefficient (Wildman–Crippen LogP) is 0.518. The largest absolute Gasteiger partial charge is 0.339 e. The first-order chi connectivity index (χ1) is 7.04. The quantitative estimate of drug-likeness (QED) is 0.640. The summed E-state index contributed by atoms with van der Waals surface area (Å²) >= 11 is 0. The van der Waals surface area contributed by atoms with E-state index in [0.717, 1.165) is 26.2 Å². The molecule has 1 atom stereocenters. The summed E-state index contributed by atoms with van der Waals surface area (Å²) in [7, 11) is 0. The van der Waals surface area contributed by atoms with Crippen LogP contribution in [0.1, 0.15) is 27.2 Å². The van der Waals surface area contributed by atoms with Crippen molar-refractivity contribution in [1.82, 2.24) is 9.80 Å². The molecular weight excluding hydrogens is 192 g/mol. The van der Waals surface area contributed by atoms with Gasteiger partial charge < -0.3 is 4.90 Å². The Kier molecular flexibility index (Phi) is 4.27. The number of Topliss-reactive ketones (excluding diaryl/α,β-unsaturated/α-hetero) is 1. The Hall–Kier alpha value is -0.900. The van der Waals surface area contributed by atoms with Crippen LogP contribution in [0.15, 0.2) is 0 Å². The van der Waals surface area contributed by atoms with Gasteiger partial charge in [0.15, 0.2) is 0 Å². The molecule has 1 rings (SSSR count). The summed E-state index contributed by atoms with van der Waals surface area (Å²) in [6.45, 7) is 9.16. The second kappa shape index (κ2) is 5.26. The van der Waals surface area contributed by atoms with E-state index in [4.69, 9.17) is 0 Å². The van der Waals surface area contributed by atoms with Gasteiger partial charge in [-0.2, -0.15) is 0 Å². The van der Waals surface area contributed by atoms with Gasteiger partial charge in [0.2, 0.25) is 5.91 Å². The molecule has 1 aliphatic heterocycles. The number of piperazine rings is 1. The standard InChI is InChI=1S/C11H20N2O2/c1-4-12-5-6-13(8-9(12)2)11(15)7-10(3)14/h9H,4-8H2,1-3H3. The van der Waals surface area contributed by atoms with Gasteiger partial charge in [-0.25, -0.2) is 0 Å². The third kappa shape index (κ3) is 3.30. The number of likely N-dealkylation sites (N-methyl/N-ethyl adjacent to an activating group) is 1. The second-order valence-corrected chi connectivity index (χ2v) is 4.20. The number of ketones is 1. The van der Waals surface area contributed by atoms with Gasteiger partial charge in [-0.15, -0.1) is 0 Å². The van der Waals surface area contributed by atoms with Crippen LogP contribution in [0.25, 0.3) is 0 Å². The summed E-state index contributed by atoms with van der Waals surface area (Å²) in [5.74, 6) is -0.0734. The van der Waals surface area contributed by atoms with Gasteiger partial charge >= 0.3 is 0 Å². The lowest BCUT2D eigenvalue weighted by atomic mass is 10.1. The van der Waals surface area contributed by atoms with E-state index in [1.165, 1.54) is 6.92 Å². The Bertz CT molecular complexity index is 253. The number of hydrogen-bond acceptors (Lipinski definition) is 3. The van der Waals surface area contributed by atoms with Crippen molar-refractivity contribution in [3.05, 3.63) is 0 Å². The minimum absolute atomic E-state index is 0.0231. The molecular formula is C11H20N2O2. The number of nitrogens with zero attached hydrogens (tertiary/aromatic N) is 2. The van der Waals surface area contributed by atoms with Crippen molar-refractivity contribution in [2.24, 2.45) is 0 Å². The lowest BCUT2D eigenvalue weighted by Gasteiger charge is -2.39. The van der Waals surface area contributed by atoms with Crippen LogP contribution in [-0.4, -0.2) is 53.7 Å². The Labute approximate surface area is 91.2 Å². The fraction of sp³-hybridized carbons (Fsp3) is 0.818. The molecule has 4 nitrogen and oxygen atoms in total. The Morgan fingerprint density at radius 2 is 2.00 bits per heavy atom. The lowest BCUT2D eigenvalue weighted by Crippen LogP contribution is -2.53. The maximum absolute atomic E-state index is 11.6. The maximum atomic E-state index is 11.6. The van der Waals surface area contributed by atoms with E-state index in [0.29, 0.717) is 6.04 Å². The smallest absolute Gasteiger partial charge is 0.230 e. The fourth-order valence-electron chi connectivity index (χ4n) is 2.02. The van der Waals surface area contributed by atoms with Crippen molar-refractivity contribution in [3.63, 3.8) is 0 Å². The fourth-order valence-corrected chi connectivity index (χ4v) is 2.02. The molecule has 1 aliphatic rings. The van der Waals surface area contributed by atoms with Crippen molar-refractivity contribution in [1.29, 1.82) is 0 Å². The molecule has 0 radical (unpaired) electrons. The number of amides is 1. The highest BCUT2D eigenvalue weighted by molar-refractivity contribution is 5.96. The van der Waals surface area contributed by atoms with Gasteiger partial charge in [-0.3, -0.25) is 14.5 Å². The van der Waals surface area contributed by atoms with Crippen LogP contribution >= 0.6 is 0 Å². The second-order valence-electron chi connectivity index (χ2n) is 4.20. The van der Waals surface area contributed by atoms with Gasteiger partial charge in [0, 0.05) is 25.7 Å². The van der Waals surface area contributed by atoms with Crippen LogP contribution in [-0.2, 0) is 9.59 Å². The van der Waals surface area contributed by atoms with E-state index in [9.17, 15) is 9.59 Å². The molecule has 86 valence electrons. The summed E-state index contributed by atoms with van der Waals surface area (Å²) in [4.78, 5) is 26.6. The monoisotopic (exact) mass is 212 g/mol. The van der Waals surface area contributed by atoms with E-state index in [1.54, 1.807) is 4.90 Å². The first kappa shape index (κ1) is 12.2. The van der Waals surface area contributed by atoms with E-state index in [-0.39, 0.29) is 18.1 Å². The highest BCUT2D eigenvalue weighted by Gasteiger charge is 2.25. The molecule has 0 aromatic rings. The summed E-state index contributed by atoms with van der Waals surface area (Å²) in [5, 5.41) is 0. The minimum atomic E-state index is -0.0504. The highest BCUT2D eigenvalue weighted by atomic mass is 16.2. The highest BCUT2D eigenvalue weighted by Crippen LogP contribution is 2.10. The van der Waals surface area contributed by atoms with Crippen molar-refractivity contribution < 1.29 is 9.59 Å². The molecule has 0 saturated carbocycles. The molecule has 0 aromatic carbocycles. The van der Waals surface area contributed by atoms with Crippen LogP contribution in [0.3, 0.4) is 0 Å². The first-order valence-corrected chi connectivity index (χ1v) is 5.55. The molecule has 0 N–H and O–H groups in total. The van der Waals surface area contributed by atoms with E-state index in [1.807, 2.05) is 0 Å². The number of carbonyl (C=O) groups excluding carboxylic acids is 2. The number of hydrogen-bond donors (Lipinski definition) is 0. The van der Waals surface area contributed by atoms with Crippen LogP contribution in [0, 0.1) is 0 Å². The van der Waals surface area contributed by atoms with Crippen molar-refractivity contribution in [2.45, 2.75) is 33.2 Å². The van der Waals surface area contributed by atoms with Crippen LogP contribution in [0.5, 0.6) is 0 Å². The van der Waals surface area contributed by atoms with E-state index in [2.05, 4.69) is 18.7 Å². The van der Waals surface area contributed by atoms with Crippen LogP contribution < -0.4 is 0 Å². The average molecular weight is 212 g/mol. The molecule has 4 heteroatoms. The van der Waals surface area contributed by atoms with Gasteiger partial charge in [-0.1, -0.05) is 6.92 Å². The van der Waals surface area contributed by atoms with Crippen molar-refractivity contribution in [2.75, 3.05) is 26.2 Å². The summed E-state index contributed by atoms with van der Waals surface area (Å²) < 4.78 is 0. The van der Waals surface area contributed by atoms with Crippen LogP contribution in [0.4, 0.5) is 0 Å². The molecule has 1 fully saturated rings. The normalized spacial score (nSPS) is 22.9. The first-order valence-electron chi connectivity index (χ1n) is 5.55. The molecule has 15 heavy (non-hydrogen) atoms. The van der Waals surface area contributed by atoms with Crippen molar-refractivity contribution in [3.8, 4) is 0 Å². The zero-order chi connectivity index (χ0) is 11.4. The Morgan fingerprint density at radius 3 is 2.47 bits per heavy atom. The zero-order valence-corrected chi connectivity index (χ0v) is 9.82. The number of carbonyl (C=O) groups is 2. The Balaban J connectivity index is 2.46. The third-order valence-electron chi connectivity index (χ3n) is 2.92. The topological polar surface area (TPSA) is 40.6 Å². The van der Waals surface area contributed by atoms with E-state index < -0.39 is 0 Å². The molecule has 0 aromatic heterocycles. The Morgan fingerprint density at radius 1 is 1.33 bits per heavy atom. The van der Waals surface area contributed by atoms with Crippen molar-refractivity contribution >= 4 is 11.7 Å². The lowest BCUT2D eigenvalue weighted by molar-refractivity contribution is -0.137. The summed E-state index contributed by atoms with van der Waals surface area (Å²) in [5.41, 5.74) is 0. The zero-order valence-electron chi connectivity index (χ0n) is 9.82. The molecule has 1 amide bonds. The summed E-state index contributed by atoms with van der Waals surface area (Å²) in [6, 6.07) is 0.402. The van der Waals surface area contributed by atoms with Gasteiger partial charge in [0.25, 0.3) is 0 Å². The molecule has 1 heterocycles. The molecule has 0 spiro atoms. The molecule has 0 bridgehead atoms. The molecule has 1 unspecified atom stereocenters. The van der Waals surface area contributed by atoms with Gasteiger partial charge in [-0.05, 0) is 20.4 Å². The van der Waals surface area contributed by atoms with Gasteiger partial charge in [0.1, 0.15) is 5.78 Å². The maximum Gasteiger partial charge on any atom is 0.230 e. The third-order valence-corrected chi connectivity index (χ3v) is 2.92. The average Bonchev–Trinajstić information content (AvgIpc) is 2.16. The molecule has 0 aliphatic carbocycles. The summed E-state index contributed by atoms with van der Waals surface area (Å²) in [6.07, 6.45) is 0.0544. The minimum Gasteiger partial charge on any atom is -0.339 e. The van der Waals surface area contributed by atoms with Crippen LogP contribution in [0.2, 0.25) is 0 Å². The number of rotatable bonds is 3. The van der Waals surface area contributed by atoms with Gasteiger partial charge in [0.05, 0.1) is 6.42 Å². The van der Waals surface area contributed by atoms with E-state index >= 15 is 0 Å². The molecule has 1 saturated heterocycles. The predicted molar refractivity (Wildman–Crippen MR) is 58.6 cm³/mol. The SMILES string of the molecule is CCN1CCN(C(=O)CC(C)=O)CC1C.